The van der Waals surface area contributed by atoms with Crippen LogP contribution in [-0.2, 0) is 4.74 Å². The molecule has 0 radical (unpaired) electrons. The molecule has 0 saturated heterocycles. The maximum absolute atomic E-state index is 10.8. The van der Waals surface area contributed by atoms with Crippen molar-refractivity contribution < 1.29 is 19.6 Å². The first kappa shape index (κ1) is 14.6. The third-order valence-corrected chi connectivity index (χ3v) is 2.08. The number of nitro groups is 1. The van der Waals surface area contributed by atoms with E-state index in [-0.39, 0.29) is 23.9 Å². The maximum atomic E-state index is 10.8. The minimum atomic E-state index is -0.676. The predicted molar refractivity (Wildman–Crippen MR) is 65.4 cm³/mol. The van der Waals surface area contributed by atoms with Crippen molar-refractivity contribution in [2.45, 2.75) is 6.92 Å². The molecule has 0 saturated carbocycles. The van der Waals surface area contributed by atoms with E-state index in [4.69, 9.17) is 20.4 Å². The molecule has 1 rings (SSSR count). The van der Waals surface area contributed by atoms with Gasteiger partial charge in [0.15, 0.2) is 11.5 Å². The summed E-state index contributed by atoms with van der Waals surface area (Å²) in [6.45, 7) is 3.02. The highest BCUT2D eigenvalue weighted by Gasteiger charge is 2.20. The lowest BCUT2D eigenvalue weighted by Gasteiger charge is -2.07. The third kappa shape index (κ3) is 4.07. The van der Waals surface area contributed by atoms with E-state index in [2.05, 4.69) is 10.1 Å². The number of nitrogens with zero attached hydrogens (tertiary/aromatic N) is 3. The van der Waals surface area contributed by atoms with Gasteiger partial charge in [-0.25, -0.2) is 4.98 Å². The number of hydrogen-bond donors (Lipinski definition) is 2. The molecule has 104 valence electrons. The largest absolute Gasteiger partial charge is 0.475 e. The molecule has 1 heterocycles. The van der Waals surface area contributed by atoms with Crippen LogP contribution in [0.15, 0.2) is 17.3 Å². The van der Waals surface area contributed by atoms with E-state index in [1.165, 1.54) is 12.1 Å². The molecule has 0 aliphatic carbocycles. The number of rotatable bonds is 7. The standard InChI is InChI=1S/C10H14N4O5/c1-2-18-5-6-19-8-4-3-7(14(16)17)9(12-8)10(11)13-15/h3-4,15H,2,5-6H2,1H3,(H2,11,13). The topological polar surface area (TPSA) is 133 Å². The highest BCUT2D eigenvalue weighted by molar-refractivity contribution is 5.98. The molecule has 9 nitrogen and oxygen atoms in total. The number of amidine groups is 1. The molecule has 0 bridgehead atoms. The second-order valence-corrected chi connectivity index (χ2v) is 3.30. The lowest BCUT2D eigenvalue weighted by Crippen LogP contribution is -2.18. The maximum Gasteiger partial charge on any atom is 0.299 e. The monoisotopic (exact) mass is 270 g/mol. The normalized spacial score (nSPS) is 11.3. The smallest absolute Gasteiger partial charge is 0.299 e. The van der Waals surface area contributed by atoms with Gasteiger partial charge in [-0.2, -0.15) is 0 Å². The van der Waals surface area contributed by atoms with Crippen LogP contribution in [0.1, 0.15) is 12.6 Å². The van der Waals surface area contributed by atoms with Crippen LogP contribution in [0.2, 0.25) is 0 Å². The Hall–Kier alpha value is -2.42. The summed E-state index contributed by atoms with van der Waals surface area (Å²) in [4.78, 5) is 13.9. The Morgan fingerprint density at radius 1 is 1.58 bits per heavy atom. The Bertz CT molecular complexity index is 477. The summed E-state index contributed by atoms with van der Waals surface area (Å²) < 4.78 is 10.3. The first-order chi connectivity index (χ1) is 9.10. The summed E-state index contributed by atoms with van der Waals surface area (Å²) in [5, 5.41) is 22.0. The third-order valence-electron chi connectivity index (χ3n) is 2.08. The Kier molecular flexibility index (Phi) is 5.48. The van der Waals surface area contributed by atoms with Crippen LogP contribution in [0.3, 0.4) is 0 Å². The predicted octanol–water partition coefficient (Wildman–Crippen LogP) is 0.500. The molecule has 3 N–H and O–H groups in total. The van der Waals surface area contributed by atoms with Crippen molar-refractivity contribution in [3.8, 4) is 5.88 Å². The van der Waals surface area contributed by atoms with Gasteiger partial charge in [0, 0.05) is 18.7 Å². The molecule has 0 spiro atoms. The quantitative estimate of drug-likeness (QED) is 0.184. The van der Waals surface area contributed by atoms with Gasteiger partial charge in [-0.05, 0) is 6.92 Å². The van der Waals surface area contributed by atoms with Crippen LogP contribution in [0.4, 0.5) is 5.69 Å². The van der Waals surface area contributed by atoms with E-state index in [1.807, 2.05) is 6.92 Å². The number of oxime groups is 1. The van der Waals surface area contributed by atoms with Gasteiger partial charge in [-0.3, -0.25) is 10.1 Å². The summed E-state index contributed by atoms with van der Waals surface area (Å²) >= 11 is 0. The van der Waals surface area contributed by atoms with E-state index in [0.29, 0.717) is 13.2 Å². The fourth-order valence-electron chi connectivity index (χ4n) is 1.25. The van der Waals surface area contributed by atoms with Gasteiger partial charge < -0.3 is 20.4 Å². The number of nitrogens with two attached hydrogens (primary N) is 1. The van der Waals surface area contributed by atoms with Crippen molar-refractivity contribution in [1.82, 2.24) is 4.98 Å². The van der Waals surface area contributed by atoms with Gasteiger partial charge >= 0.3 is 0 Å². The van der Waals surface area contributed by atoms with Crippen LogP contribution in [-0.4, -0.2) is 40.8 Å². The number of aromatic nitrogens is 1. The molecule has 9 heteroatoms. The van der Waals surface area contributed by atoms with Crippen molar-refractivity contribution in [3.05, 3.63) is 27.9 Å². The Morgan fingerprint density at radius 2 is 2.32 bits per heavy atom. The molecule has 0 unspecified atom stereocenters. The molecule has 0 aromatic carbocycles. The van der Waals surface area contributed by atoms with Gasteiger partial charge in [0.05, 0.1) is 11.5 Å². The highest BCUT2D eigenvalue weighted by Crippen LogP contribution is 2.20. The molecule has 1 aromatic heterocycles. The zero-order valence-electron chi connectivity index (χ0n) is 10.3. The van der Waals surface area contributed by atoms with Crippen molar-refractivity contribution >= 4 is 11.5 Å². The molecular formula is C10H14N4O5. The van der Waals surface area contributed by atoms with E-state index in [9.17, 15) is 10.1 Å². The zero-order valence-corrected chi connectivity index (χ0v) is 10.3. The molecular weight excluding hydrogens is 256 g/mol. The van der Waals surface area contributed by atoms with E-state index in [0.717, 1.165) is 0 Å². The fourth-order valence-corrected chi connectivity index (χ4v) is 1.25. The van der Waals surface area contributed by atoms with Gasteiger partial charge in [0.2, 0.25) is 5.88 Å². The first-order valence-corrected chi connectivity index (χ1v) is 5.44. The van der Waals surface area contributed by atoms with Crippen molar-refractivity contribution in [2.75, 3.05) is 19.8 Å². The summed E-state index contributed by atoms with van der Waals surface area (Å²) in [7, 11) is 0. The van der Waals surface area contributed by atoms with Gasteiger partial charge in [0.1, 0.15) is 6.61 Å². The summed E-state index contributed by atoms with van der Waals surface area (Å²) in [6.07, 6.45) is 0. The second-order valence-electron chi connectivity index (χ2n) is 3.30. The fraction of sp³-hybridized carbons (Fsp3) is 0.400. The highest BCUT2D eigenvalue weighted by atomic mass is 16.6. The molecule has 0 aliphatic rings. The SMILES string of the molecule is CCOCCOc1ccc([N+](=O)[O-])c(/C(N)=N/O)n1. The average molecular weight is 270 g/mol. The van der Waals surface area contributed by atoms with E-state index < -0.39 is 10.8 Å². The Labute approximate surface area is 108 Å². The summed E-state index contributed by atoms with van der Waals surface area (Å²) in [5.74, 6) is -0.325. The minimum Gasteiger partial charge on any atom is -0.475 e. The lowest BCUT2D eigenvalue weighted by molar-refractivity contribution is -0.385. The van der Waals surface area contributed by atoms with E-state index >= 15 is 0 Å². The van der Waals surface area contributed by atoms with Crippen LogP contribution < -0.4 is 10.5 Å². The summed E-state index contributed by atoms with van der Waals surface area (Å²) in [5.41, 5.74) is 4.71. The lowest BCUT2D eigenvalue weighted by atomic mass is 10.3. The molecule has 0 aliphatic heterocycles. The van der Waals surface area contributed by atoms with Crippen molar-refractivity contribution in [1.29, 1.82) is 0 Å². The molecule has 0 atom stereocenters. The minimum absolute atomic E-state index is 0.131. The van der Waals surface area contributed by atoms with Gasteiger partial charge in [-0.15, -0.1) is 0 Å². The average Bonchev–Trinajstić information content (AvgIpc) is 2.42. The molecule has 0 fully saturated rings. The van der Waals surface area contributed by atoms with Crippen molar-refractivity contribution in [3.63, 3.8) is 0 Å². The van der Waals surface area contributed by atoms with Gasteiger partial charge in [-0.1, -0.05) is 5.16 Å². The number of ether oxygens (including phenoxy) is 2. The van der Waals surface area contributed by atoms with E-state index in [1.54, 1.807) is 0 Å². The van der Waals surface area contributed by atoms with Crippen LogP contribution >= 0.6 is 0 Å². The number of hydrogen-bond acceptors (Lipinski definition) is 7. The van der Waals surface area contributed by atoms with Crippen LogP contribution in [0, 0.1) is 10.1 Å². The Balaban J connectivity index is 2.89. The Morgan fingerprint density at radius 3 is 2.89 bits per heavy atom. The number of pyridine rings is 1. The molecule has 1 aromatic rings. The van der Waals surface area contributed by atoms with Crippen LogP contribution in [0.25, 0.3) is 0 Å². The van der Waals surface area contributed by atoms with Gasteiger partial charge in [0.25, 0.3) is 5.69 Å². The van der Waals surface area contributed by atoms with Crippen LogP contribution in [0.5, 0.6) is 5.88 Å². The second kappa shape index (κ2) is 7.11. The zero-order chi connectivity index (χ0) is 14.3. The molecule has 0 amide bonds. The molecule has 19 heavy (non-hydrogen) atoms. The first-order valence-electron chi connectivity index (χ1n) is 5.44. The summed E-state index contributed by atoms with van der Waals surface area (Å²) in [6, 6.07) is 2.51. The van der Waals surface area contributed by atoms with Crippen molar-refractivity contribution in [2.24, 2.45) is 10.9 Å².